The summed E-state index contributed by atoms with van der Waals surface area (Å²) in [6.45, 7) is 4.62. The summed E-state index contributed by atoms with van der Waals surface area (Å²) in [5.74, 6) is 3.05. The van der Waals surface area contributed by atoms with Gasteiger partial charge in [-0.15, -0.1) is 0 Å². The lowest BCUT2D eigenvalue weighted by Gasteiger charge is -2.12. The van der Waals surface area contributed by atoms with E-state index < -0.39 is 0 Å². The molecule has 0 bridgehead atoms. The third-order valence-corrected chi connectivity index (χ3v) is 3.01. The minimum absolute atomic E-state index is 0.541. The molecule has 0 aliphatic heterocycles. The number of nitrogens with zero attached hydrogens (tertiary/aromatic N) is 3. The van der Waals surface area contributed by atoms with E-state index in [1.807, 2.05) is 20.2 Å². The van der Waals surface area contributed by atoms with Crippen LogP contribution in [-0.4, -0.2) is 48.7 Å². The maximum absolute atomic E-state index is 5.72. The summed E-state index contributed by atoms with van der Waals surface area (Å²) in [5.41, 5.74) is 0. The fraction of sp³-hybridized carbons (Fsp3) is 0.714. The van der Waals surface area contributed by atoms with Gasteiger partial charge in [0.25, 0.3) is 0 Å². The Morgan fingerprint density at radius 1 is 1.37 bits per heavy atom. The normalized spacial score (nSPS) is 14.7. The number of hydrogen-bond donors (Lipinski definition) is 1. The second-order valence-electron chi connectivity index (χ2n) is 5.30. The minimum Gasteiger partial charge on any atom is -0.476 e. The van der Waals surface area contributed by atoms with Gasteiger partial charge in [0.1, 0.15) is 18.2 Å². The Hall–Kier alpha value is -1.36. The summed E-state index contributed by atoms with van der Waals surface area (Å²) < 4.78 is 5.72. The quantitative estimate of drug-likeness (QED) is 0.779. The molecule has 1 saturated carbocycles. The molecule has 0 aromatic carbocycles. The lowest BCUT2D eigenvalue weighted by molar-refractivity contribution is 0.253. The van der Waals surface area contributed by atoms with Gasteiger partial charge in [-0.05, 0) is 33.4 Å². The van der Waals surface area contributed by atoms with Crippen LogP contribution in [0.2, 0.25) is 0 Å². The van der Waals surface area contributed by atoms with Gasteiger partial charge in [-0.25, -0.2) is 4.98 Å². The van der Waals surface area contributed by atoms with Crippen LogP contribution in [0.4, 0.5) is 5.82 Å². The zero-order valence-electron chi connectivity index (χ0n) is 12.1. The summed E-state index contributed by atoms with van der Waals surface area (Å²) >= 11 is 0. The van der Waals surface area contributed by atoms with Crippen LogP contribution in [0.25, 0.3) is 0 Å². The molecular formula is C14H24N4O. The molecule has 0 unspecified atom stereocenters. The average Bonchev–Trinajstić information content (AvgIpc) is 3.20. The molecule has 2 rings (SSSR count). The van der Waals surface area contributed by atoms with E-state index in [2.05, 4.69) is 27.1 Å². The van der Waals surface area contributed by atoms with Gasteiger partial charge in [0.15, 0.2) is 0 Å². The molecule has 1 N–H and O–H groups in total. The van der Waals surface area contributed by atoms with Crippen molar-refractivity contribution in [2.24, 2.45) is 0 Å². The SMILES string of the molecule is CCCNc1cc(OCCN(C)C)nc(C2CC2)n1. The Balaban J connectivity index is 2.01. The smallest absolute Gasteiger partial charge is 0.218 e. The molecule has 1 fully saturated rings. The molecular weight excluding hydrogens is 240 g/mol. The van der Waals surface area contributed by atoms with E-state index in [-0.39, 0.29) is 0 Å². The van der Waals surface area contributed by atoms with Gasteiger partial charge in [0.2, 0.25) is 5.88 Å². The van der Waals surface area contributed by atoms with Gasteiger partial charge >= 0.3 is 0 Å². The highest BCUT2D eigenvalue weighted by atomic mass is 16.5. The van der Waals surface area contributed by atoms with Gasteiger partial charge in [-0.1, -0.05) is 6.92 Å². The summed E-state index contributed by atoms with van der Waals surface area (Å²) in [7, 11) is 4.07. The molecule has 0 amide bonds. The van der Waals surface area contributed by atoms with Crippen LogP contribution in [0.5, 0.6) is 5.88 Å². The molecule has 1 aliphatic carbocycles. The van der Waals surface area contributed by atoms with Crippen molar-refractivity contribution in [1.29, 1.82) is 0 Å². The molecule has 0 radical (unpaired) electrons. The standard InChI is InChI=1S/C14H24N4O/c1-4-7-15-12-10-13(19-9-8-18(2)3)17-14(16-12)11-5-6-11/h10-11H,4-9H2,1-3H3,(H,15,16,17). The van der Waals surface area contributed by atoms with Crippen molar-refractivity contribution < 1.29 is 4.74 Å². The van der Waals surface area contributed by atoms with E-state index in [9.17, 15) is 0 Å². The zero-order chi connectivity index (χ0) is 13.7. The van der Waals surface area contributed by atoms with Crippen molar-refractivity contribution in [1.82, 2.24) is 14.9 Å². The summed E-state index contributed by atoms with van der Waals surface area (Å²) in [5, 5.41) is 3.32. The number of ether oxygens (including phenoxy) is 1. The maximum Gasteiger partial charge on any atom is 0.218 e. The third kappa shape index (κ3) is 4.67. The second kappa shape index (κ2) is 6.70. The fourth-order valence-corrected chi connectivity index (χ4v) is 1.72. The Kier molecular flexibility index (Phi) is 4.96. The van der Waals surface area contributed by atoms with Crippen molar-refractivity contribution in [2.75, 3.05) is 39.1 Å². The predicted octanol–water partition coefficient (Wildman–Crippen LogP) is 2.12. The zero-order valence-corrected chi connectivity index (χ0v) is 12.1. The topological polar surface area (TPSA) is 50.3 Å². The number of rotatable bonds is 8. The number of likely N-dealkylation sites (N-methyl/N-ethyl adjacent to an activating group) is 1. The molecule has 1 aromatic heterocycles. The highest BCUT2D eigenvalue weighted by Crippen LogP contribution is 2.39. The summed E-state index contributed by atoms with van der Waals surface area (Å²) in [6, 6.07) is 1.90. The number of anilines is 1. The summed E-state index contributed by atoms with van der Waals surface area (Å²) in [6.07, 6.45) is 3.49. The summed E-state index contributed by atoms with van der Waals surface area (Å²) in [4.78, 5) is 11.2. The first-order chi connectivity index (χ1) is 9.19. The molecule has 19 heavy (non-hydrogen) atoms. The van der Waals surface area contributed by atoms with Crippen molar-refractivity contribution >= 4 is 5.82 Å². The van der Waals surface area contributed by atoms with Crippen molar-refractivity contribution in [3.8, 4) is 5.88 Å². The third-order valence-electron chi connectivity index (χ3n) is 3.01. The molecule has 1 aromatic rings. The van der Waals surface area contributed by atoms with E-state index in [0.717, 1.165) is 31.2 Å². The van der Waals surface area contributed by atoms with Gasteiger partial charge in [-0.2, -0.15) is 4.98 Å². The highest BCUT2D eigenvalue weighted by molar-refractivity contribution is 5.39. The van der Waals surface area contributed by atoms with Crippen LogP contribution in [0.1, 0.15) is 37.9 Å². The highest BCUT2D eigenvalue weighted by Gasteiger charge is 2.27. The Bertz CT molecular complexity index is 404. The van der Waals surface area contributed by atoms with E-state index in [1.54, 1.807) is 0 Å². The molecule has 0 saturated heterocycles. The number of hydrogen-bond acceptors (Lipinski definition) is 5. The lowest BCUT2D eigenvalue weighted by atomic mass is 10.4. The van der Waals surface area contributed by atoms with E-state index in [1.165, 1.54) is 12.8 Å². The first-order valence-corrected chi connectivity index (χ1v) is 7.09. The maximum atomic E-state index is 5.72. The first kappa shape index (κ1) is 14.1. The molecule has 1 aliphatic rings. The predicted molar refractivity (Wildman–Crippen MR) is 76.8 cm³/mol. The molecule has 0 spiro atoms. The molecule has 106 valence electrons. The Morgan fingerprint density at radius 3 is 2.79 bits per heavy atom. The van der Waals surface area contributed by atoms with Crippen LogP contribution < -0.4 is 10.1 Å². The molecule has 1 heterocycles. The first-order valence-electron chi connectivity index (χ1n) is 7.09. The van der Waals surface area contributed by atoms with Crippen molar-refractivity contribution in [2.45, 2.75) is 32.1 Å². The van der Waals surface area contributed by atoms with Gasteiger partial charge in [0.05, 0.1) is 0 Å². The second-order valence-corrected chi connectivity index (χ2v) is 5.30. The molecule has 5 heteroatoms. The molecule has 5 nitrogen and oxygen atoms in total. The minimum atomic E-state index is 0.541. The number of aromatic nitrogens is 2. The van der Waals surface area contributed by atoms with Crippen LogP contribution in [0.3, 0.4) is 0 Å². The van der Waals surface area contributed by atoms with Crippen LogP contribution in [-0.2, 0) is 0 Å². The van der Waals surface area contributed by atoms with Gasteiger partial charge in [-0.3, -0.25) is 0 Å². The van der Waals surface area contributed by atoms with Crippen LogP contribution in [0.15, 0.2) is 6.07 Å². The fourth-order valence-electron chi connectivity index (χ4n) is 1.72. The monoisotopic (exact) mass is 264 g/mol. The van der Waals surface area contributed by atoms with Crippen molar-refractivity contribution in [3.05, 3.63) is 11.9 Å². The largest absolute Gasteiger partial charge is 0.476 e. The van der Waals surface area contributed by atoms with Gasteiger partial charge < -0.3 is 15.0 Å². The Morgan fingerprint density at radius 2 is 2.16 bits per heavy atom. The van der Waals surface area contributed by atoms with E-state index in [0.29, 0.717) is 18.4 Å². The number of nitrogens with one attached hydrogen (secondary N) is 1. The van der Waals surface area contributed by atoms with Crippen LogP contribution in [0, 0.1) is 0 Å². The average molecular weight is 264 g/mol. The van der Waals surface area contributed by atoms with E-state index in [4.69, 9.17) is 4.74 Å². The van der Waals surface area contributed by atoms with Gasteiger partial charge in [0, 0.05) is 25.1 Å². The lowest BCUT2D eigenvalue weighted by Crippen LogP contribution is -2.20. The van der Waals surface area contributed by atoms with E-state index >= 15 is 0 Å². The Labute approximate surface area is 115 Å². The molecule has 0 atom stereocenters. The van der Waals surface area contributed by atoms with Crippen LogP contribution >= 0.6 is 0 Å². The van der Waals surface area contributed by atoms with Crippen molar-refractivity contribution in [3.63, 3.8) is 0 Å².